The van der Waals surface area contributed by atoms with Crippen molar-refractivity contribution >= 4 is 29.3 Å². The minimum absolute atomic E-state index is 0.0901. The molecule has 7 heteroatoms. The molecule has 0 bridgehead atoms. The first-order valence-corrected chi connectivity index (χ1v) is 7.85. The van der Waals surface area contributed by atoms with Crippen molar-refractivity contribution in [2.45, 2.75) is 33.3 Å². The molecule has 0 saturated carbocycles. The van der Waals surface area contributed by atoms with Crippen LogP contribution in [0.1, 0.15) is 27.2 Å². The van der Waals surface area contributed by atoms with E-state index in [1.807, 2.05) is 13.8 Å². The lowest BCUT2D eigenvalue weighted by molar-refractivity contribution is -0.146. The number of hydrogen-bond donors (Lipinski definition) is 2. The molecule has 1 aliphatic heterocycles. The fraction of sp³-hybridized carbons (Fsp3) is 0.500. The van der Waals surface area contributed by atoms with Gasteiger partial charge in [0.25, 0.3) is 0 Å². The molecule has 1 saturated heterocycles. The molecular weight excluding hydrogens is 320 g/mol. The van der Waals surface area contributed by atoms with Crippen LogP contribution in [0.2, 0.25) is 5.02 Å². The number of rotatable bonds is 4. The number of aliphatic carboxylic acids is 1. The van der Waals surface area contributed by atoms with Crippen LogP contribution in [0.4, 0.5) is 10.5 Å². The van der Waals surface area contributed by atoms with Crippen LogP contribution in [0.25, 0.3) is 0 Å². The number of likely N-dealkylation sites (tertiary alicyclic amines) is 1. The predicted molar refractivity (Wildman–Crippen MR) is 88.2 cm³/mol. The van der Waals surface area contributed by atoms with Gasteiger partial charge in [-0.3, -0.25) is 4.79 Å². The van der Waals surface area contributed by atoms with Gasteiger partial charge < -0.3 is 20.1 Å². The van der Waals surface area contributed by atoms with Crippen molar-refractivity contribution in [2.75, 3.05) is 18.4 Å². The fourth-order valence-electron chi connectivity index (χ4n) is 2.47. The normalized spacial score (nSPS) is 20.7. The number of carboxylic acids is 1. The molecule has 1 aliphatic rings. The molecule has 1 aromatic carbocycles. The third kappa shape index (κ3) is 3.88. The van der Waals surface area contributed by atoms with E-state index < -0.39 is 11.4 Å². The highest BCUT2D eigenvalue weighted by Gasteiger charge is 2.42. The molecule has 0 aliphatic carbocycles. The molecule has 1 atom stereocenters. The zero-order valence-electron chi connectivity index (χ0n) is 13.4. The van der Waals surface area contributed by atoms with Gasteiger partial charge in [0.05, 0.1) is 22.2 Å². The molecule has 1 fully saturated rings. The summed E-state index contributed by atoms with van der Waals surface area (Å²) < 4.78 is 5.66. The van der Waals surface area contributed by atoms with E-state index in [-0.39, 0.29) is 18.7 Å². The maximum Gasteiger partial charge on any atom is 0.321 e. The fourth-order valence-corrected chi connectivity index (χ4v) is 2.69. The van der Waals surface area contributed by atoms with Gasteiger partial charge >= 0.3 is 12.0 Å². The molecule has 0 aromatic heterocycles. The number of carboxylic acid groups (broad SMARTS) is 1. The van der Waals surface area contributed by atoms with E-state index in [9.17, 15) is 14.7 Å². The van der Waals surface area contributed by atoms with Crippen LogP contribution in [0.15, 0.2) is 18.2 Å². The van der Waals surface area contributed by atoms with Crippen molar-refractivity contribution in [3.8, 4) is 5.75 Å². The Bertz CT molecular complexity index is 620. The largest absolute Gasteiger partial charge is 0.487 e. The minimum atomic E-state index is -0.900. The van der Waals surface area contributed by atoms with Gasteiger partial charge in [-0.1, -0.05) is 17.7 Å². The van der Waals surface area contributed by atoms with Gasteiger partial charge in [-0.25, -0.2) is 4.79 Å². The van der Waals surface area contributed by atoms with Crippen LogP contribution in [0, 0.1) is 5.41 Å². The molecule has 2 N–H and O–H groups in total. The van der Waals surface area contributed by atoms with E-state index in [1.165, 1.54) is 4.90 Å². The molecule has 0 radical (unpaired) electrons. The third-order valence-electron chi connectivity index (χ3n) is 3.84. The van der Waals surface area contributed by atoms with Gasteiger partial charge in [0.15, 0.2) is 5.75 Å². The summed E-state index contributed by atoms with van der Waals surface area (Å²) >= 11 is 6.14. The van der Waals surface area contributed by atoms with Crippen LogP contribution in [-0.2, 0) is 4.79 Å². The average molecular weight is 341 g/mol. The number of urea groups is 1. The first-order chi connectivity index (χ1) is 10.7. The Labute approximate surface area is 140 Å². The zero-order valence-corrected chi connectivity index (χ0v) is 14.2. The standard InChI is InChI=1S/C16H21ClN2O4/c1-10(2)23-13-11(17)5-4-6-12(13)18-15(22)19-8-7-16(3,9-19)14(20)21/h4-6,10H,7-9H2,1-3H3,(H,18,22)(H,20,21). The SMILES string of the molecule is CC(C)Oc1c(Cl)cccc1NC(=O)N1CCC(C)(C(=O)O)C1. The second-order valence-electron chi connectivity index (χ2n) is 6.25. The third-order valence-corrected chi connectivity index (χ3v) is 4.14. The summed E-state index contributed by atoms with van der Waals surface area (Å²) in [5, 5.41) is 12.4. The summed E-state index contributed by atoms with van der Waals surface area (Å²) in [7, 11) is 0. The predicted octanol–water partition coefficient (Wildman–Crippen LogP) is 3.46. The first kappa shape index (κ1) is 17.4. The van der Waals surface area contributed by atoms with Gasteiger partial charge in [0, 0.05) is 13.1 Å². The minimum Gasteiger partial charge on any atom is -0.487 e. The second kappa shape index (κ2) is 6.66. The highest BCUT2D eigenvalue weighted by atomic mass is 35.5. The monoisotopic (exact) mass is 340 g/mol. The molecule has 23 heavy (non-hydrogen) atoms. The quantitative estimate of drug-likeness (QED) is 0.879. The summed E-state index contributed by atoms with van der Waals surface area (Å²) in [4.78, 5) is 25.2. The van der Waals surface area contributed by atoms with Gasteiger partial charge in [-0.15, -0.1) is 0 Å². The Kier molecular flexibility index (Phi) is 5.04. The smallest absolute Gasteiger partial charge is 0.321 e. The maximum atomic E-state index is 12.4. The number of carbonyl (C=O) groups is 2. The number of amides is 2. The lowest BCUT2D eigenvalue weighted by atomic mass is 9.90. The summed E-state index contributed by atoms with van der Waals surface area (Å²) in [5.74, 6) is -0.475. The van der Waals surface area contributed by atoms with E-state index in [0.29, 0.717) is 29.4 Å². The Morgan fingerprint density at radius 3 is 2.70 bits per heavy atom. The second-order valence-corrected chi connectivity index (χ2v) is 6.66. The Hall–Kier alpha value is -1.95. The number of para-hydroxylation sites is 1. The maximum absolute atomic E-state index is 12.4. The molecular formula is C16H21ClN2O4. The van der Waals surface area contributed by atoms with E-state index >= 15 is 0 Å². The molecule has 2 amide bonds. The highest BCUT2D eigenvalue weighted by Crippen LogP contribution is 2.35. The topological polar surface area (TPSA) is 78.9 Å². The lowest BCUT2D eigenvalue weighted by Crippen LogP contribution is -2.37. The Balaban J connectivity index is 2.13. The van der Waals surface area contributed by atoms with E-state index in [1.54, 1.807) is 25.1 Å². The highest BCUT2D eigenvalue weighted by molar-refractivity contribution is 6.32. The van der Waals surface area contributed by atoms with Crippen molar-refractivity contribution in [2.24, 2.45) is 5.41 Å². The Morgan fingerprint density at radius 2 is 2.13 bits per heavy atom. The number of benzene rings is 1. The number of nitrogens with zero attached hydrogens (tertiary/aromatic N) is 1. The van der Waals surface area contributed by atoms with Crippen LogP contribution >= 0.6 is 11.6 Å². The average Bonchev–Trinajstić information content (AvgIpc) is 2.86. The first-order valence-electron chi connectivity index (χ1n) is 7.47. The van der Waals surface area contributed by atoms with E-state index in [4.69, 9.17) is 16.3 Å². The van der Waals surface area contributed by atoms with E-state index in [0.717, 1.165) is 0 Å². The van der Waals surface area contributed by atoms with Crippen LogP contribution in [0.5, 0.6) is 5.75 Å². The van der Waals surface area contributed by atoms with Crippen molar-refractivity contribution in [1.29, 1.82) is 0 Å². The van der Waals surface area contributed by atoms with Gasteiger partial charge in [0.1, 0.15) is 0 Å². The summed E-state index contributed by atoms with van der Waals surface area (Å²) in [5.41, 5.74) is -0.428. The van der Waals surface area contributed by atoms with Gasteiger partial charge in [-0.2, -0.15) is 0 Å². The number of halogens is 1. The summed E-state index contributed by atoms with van der Waals surface area (Å²) in [6.45, 7) is 5.96. The van der Waals surface area contributed by atoms with Crippen LogP contribution < -0.4 is 10.1 Å². The molecule has 2 rings (SSSR count). The lowest BCUT2D eigenvalue weighted by Gasteiger charge is -2.22. The van der Waals surface area contributed by atoms with Gasteiger partial charge in [-0.05, 0) is 39.3 Å². The summed E-state index contributed by atoms with van der Waals surface area (Å²) in [6.07, 6.45) is 0.341. The zero-order chi connectivity index (χ0) is 17.2. The van der Waals surface area contributed by atoms with E-state index in [2.05, 4.69) is 5.32 Å². The molecule has 0 spiro atoms. The van der Waals surface area contributed by atoms with Gasteiger partial charge in [0.2, 0.25) is 0 Å². The van der Waals surface area contributed by atoms with Crippen molar-refractivity contribution in [3.05, 3.63) is 23.2 Å². The number of hydrogen-bond acceptors (Lipinski definition) is 3. The van der Waals surface area contributed by atoms with Crippen LogP contribution in [-0.4, -0.2) is 41.2 Å². The van der Waals surface area contributed by atoms with Crippen molar-refractivity contribution in [1.82, 2.24) is 4.90 Å². The van der Waals surface area contributed by atoms with Crippen LogP contribution in [0.3, 0.4) is 0 Å². The van der Waals surface area contributed by atoms with Crippen molar-refractivity contribution < 1.29 is 19.4 Å². The summed E-state index contributed by atoms with van der Waals surface area (Å²) in [6, 6.07) is 4.75. The molecule has 126 valence electrons. The number of ether oxygens (including phenoxy) is 1. The molecule has 6 nitrogen and oxygen atoms in total. The number of carbonyl (C=O) groups excluding carboxylic acids is 1. The number of nitrogens with one attached hydrogen (secondary N) is 1. The van der Waals surface area contributed by atoms with Crippen molar-refractivity contribution in [3.63, 3.8) is 0 Å². The molecule has 1 aromatic rings. The number of anilines is 1. The molecule has 1 heterocycles. The Morgan fingerprint density at radius 1 is 1.43 bits per heavy atom. The molecule has 1 unspecified atom stereocenters.